The summed E-state index contributed by atoms with van der Waals surface area (Å²) >= 11 is 1.55. The van der Waals surface area contributed by atoms with Crippen LogP contribution >= 0.6 is 11.8 Å². The van der Waals surface area contributed by atoms with Gasteiger partial charge in [0, 0.05) is 17.5 Å². The molecule has 1 atom stereocenters. The van der Waals surface area contributed by atoms with Crippen LogP contribution in [0.25, 0.3) is 0 Å². The molecule has 1 fully saturated rings. The smallest absolute Gasteiger partial charge is 0.242 e. The van der Waals surface area contributed by atoms with E-state index in [1.807, 2.05) is 29.2 Å². The van der Waals surface area contributed by atoms with Crippen LogP contribution in [0.2, 0.25) is 0 Å². The lowest BCUT2D eigenvalue weighted by atomic mass is 10.0. The summed E-state index contributed by atoms with van der Waals surface area (Å²) in [7, 11) is 0. The van der Waals surface area contributed by atoms with E-state index in [9.17, 15) is 9.59 Å². The Morgan fingerprint density at radius 3 is 2.95 bits per heavy atom. The molecule has 21 heavy (non-hydrogen) atoms. The Hall–Kier alpha value is -1.49. The van der Waals surface area contributed by atoms with Crippen LogP contribution in [0.5, 0.6) is 0 Å². The van der Waals surface area contributed by atoms with E-state index in [0.717, 1.165) is 30.0 Å². The number of hydrogen-bond acceptors (Lipinski definition) is 3. The summed E-state index contributed by atoms with van der Waals surface area (Å²) in [6.45, 7) is 3.08. The number of anilines is 1. The molecule has 112 valence electrons. The van der Waals surface area contributed by atoms with Crippen molar-refractivity contribution in [1.82, 2.24) is 4.90 Å². The van der Waals surface area contributed by atoms with Gasteiger partial charge in [0.1, 0.15) is 6.54 Å². The second-order valence-corrected chi connectivity index (χ2v) is 6.69. The van der Waals surface area contributed by atoms with Crippen LogP contribution in [0.1, 0.15) is 26.2 Å². The van der Waals surface area contributed by atoms with Gasteiger partial charge < -0.3 is 9.80 Å². The van der Waals surface area contributed by atoms with Crippen LogP contribution in [-0.4, -0.2) is 41.6 Å². The molecule has 2 aliphatic heterocycles. The summed E-state index contributed by atoms with van der Waals surface area (Å²) in [5.74, 6) is 0.508. The predicted molar refractivity (Wildman–Crippen MR) is 84.5 cm³/mol. The van der Waals surface area contributed by atoms with Gasteiger partial charge in [-0.3, -0.25) is 9.59 Å². The Morgan fingerprint density at radius 1 is 1.33 bits per heavy atom. The summed E-state index contributed by atoms with van der Waals surface area (Å²) in [4.78, 5) is 29.4. The van der Waals surface area contributed by atoms with E-state index in [2.05, 4.69) is 6.92 Å². The Bertz CT molecular complexity index is 561. The lowest BCUT2D eigenvalue weighted by molar-refractivity contribution is -0.134. The average molecular weight is 304 g/mol. The van der Waals surface area contributed by atoms with Crippen molar-refractivity contribution in [2.45, 2.75) is 37.1 Å². The number of benzene rings is 1. The normalized spacial score (nSPS) is 22.1. The van der Waals surface area contributed by atoms with Gasteiger partial charge in [0.2, 0.25) is 11.8 Å². The maximum absolute atomic E-state index is 12.6. The van der Waals surface area contributed by atoms with Crippen molar-refractivity contribution in [3.63, 3.8) is 0 Å². The Labute approximate surface area is 129 Å². The number of carbonyl (C=O) groups excluding carboxylic acids is 2. The number of hydrogen-bond donors (Lipinski definition) is 0. The first-order valence-corrected chi connectivity index (χ1v) is 8.47. The van der Waals surface area contributed by atoms with Crippen LogP contribution in [0.4, 0.5) is 5.69 Å². The van der Waals surface area contributed by atoms with Crippen LogP contribution < -0.4 is 4.90 Å². The molecule has 1 aromatic carbocycles. The molecular weight excluding hydrogens is 284 g/mol. The highest BCUT2D eigenvalue weighted by Gasteiger charge is 2.30. The van der Waals surface area contributed by atoms with E-state index in [1.165, 1.54) is 6.42 Å². The summed E-state index contributed by atoms with van der Waals surface area (Å²) < 4.78 is 0. The van der Waals surface area contributed by atoms with Crippen LogP contribution in [-0.2, 0) is 9.59 Å². The summed E-state index contributed by atoms with van der Waals surface area (Å²) in [5.41, 5.74) is 0.872. The standard InChI is InChI=1S/C16H20N2O2S/c1-12-6-4-5-9-17(12)15(19)10-18-13-7-2-3-8-14(13)21-11-16(18)20/h2-3,7-8,12H,4-6,9-11H2,1H3. The molecule has 0 spiro atoms. The number of amides is 2. The van der Waals surface area contributed by atoms with Crippen LogP contribution in [0, 0.1) is 0 Å². The molecule has 0 N–H and O–H groups in total. The van der Waals surface area contributed by atoms with Crippen LogP contribution in [0.3, 0.4) is 0 Å². The monoisotopic (exact) mass is 304 g/mol. The zero-order valence-electron chi connectivity index (χ0n) is 12.2. The van der Waals surface area contributed by atoms with Gasteiger partial charge in [-0.25, -0.2) is 0 Å². The van der Waals surface area contributed by atoms with Gasteiger partial charge in [-0.2, -0.15) is 0 Å². The summed E-state index contributed by atoms with van der Waals surface area (Å²) in [6, 6.07) is 8.10. The second kappa shape index (κ2) is 6.10. The number of nitrogens with zero attached hydrogens (tertiary/aromatic N) is 2. The van der Waals surface area contributed by atoms with E-state index in [0.29, 0.717) is 5.75 Å². The number of fused-ring (bicyclic) bond motifs is 1. The van der Waals surface area contributed by atoms with E-state index in [-0.39, 0.29) is 24.4 Å². The minimum atomic E-state index is 0.0247. The van der Waals surface area contributed by atoms with Gasteiger partial charge in [0.25, 0.3) is 0 Å². The summed E-state index contributed by atoms with van der Waals surface area (Å²) in [6.07, 6.45) is 3.32. The fourth-order valence-electron chi connectivity index (χ4n) is 3.02. The molecular formula is C16H20N2O2S. The first kappa shape index (κ1) is 14.4. The van der Waals surface area contributed by atoms with Crippen LogP contribution in [0.15, 0.2) is 29.2 Å². The molecule has 2 aliphatic rings. The van der Waals surface area contributed by atoms with E-state index < -0.39 is 0 Å². The molecule has 1 saturated heterocycles. The number of para-hydroxylation sites is 1. The number of thioether (sulfide) groups is 1. The lowest BCUT2D eigenvalue weighted by Crippen LogP contribution is -2.49. The van der Waals surface area contributed by atoms with Crippen molar-refractivity contribution in [1.29, 1.82) is 0 Å². The zero-order chi connectivity index (χ0) is 14.8. The van der Waals surface area contributed by atoms with Crippen molar-refractivity contribution in [3.05, 3.63) is 24.3 Å². The number of carbonyl (C=O) groups is 2. The third-order valence-electron chi connectivity index (χ3n) is 4.22. The summed E-state index contributed by atoms with van der Waals surface area (Å²) in [5, 5.41) is 0. The maximum Gasteiger partial charge on any atom is 0.242 e. The van der Waals surface area contributed by atoms with Crippen molar-refractivity contribution in [3.8, 4) is 0 Å². The van der Waals surface area contributed by atoms with Gasteiger partial charge >= 0.3 is 0 Å². The van der Waals surface area contributed by atoms with Gasteiger partial charge in [0.15, 0.2) is 0 Å². The maximum atomic E-state index is 12.6. The van der Waals surface area contributed by atoms with E-state index >= 15 is 0 Å². The Morgan fingerprint density at radius 2 is 2.14 bits per heavy atom. The SMILES string of the molecule is CC1CCCCN1C(=O)CN1C(=O)CSc2ccccc21. The first-order chi connectivity index (χ1) is 10.2. The van der Waals surface area contributed by atoms with E-state index in [1.54, 1.807) is 16.7 Å². The third-order valence-corrected chi connectivity index (χ3v) is 5.27. The van der Waals surface area contributed by atoms with Gasteiger partial charge in [-0.05, 0) is 38.3 Å². The highest BCUT2D eigenvalue weighted by molar-refractivity contribution is 8.00. The number of piperidine rings is 1. The molecule has 1 unspecified atom stereocenters. The highest BCUT2D eigenvalue weighted by Crippen LogP contribution is 2.34. The fraction of sp³-hybridized carbons (Fsp3) is 0.500. The molecule has 2 amide bonds. The van der Waals surface area contributed by atoms with Crippen molar-refractivity contribution >= 4 is 29.3 Å². The molecule has 1 aromatic rings. The quantitative estimate of drug-likeness (QED) is 0.843. The molecule has 5 heteroatoms. The Balaban J connectivity index is 1.77. The molecule has 2 heterocycles. The Kier molecular flexibility index (Phi) is 4.19. The second-order valence-electron chi connectivity index (χ2n) is 5.67. The predicted octanol–water partition coefficient (Wildman–Crippen LogP) is 2.53. The molecule has 0 aliphatic carbocycles. The zero-order valence-corrected chi connectivity index (χ0v) is 13.1. The van der Waals surface area contributed by atoms with Gasteiger partial charge in [-0.15, -0.1) is 11.8 Å². The van der Waals surface area contributed by atoms with Gasteiger partial charge in [0.05, 0.1) is 11.4 Å². The van der Waals surface area contributed by atoms with Crippen molar-refractivity contribution in [2.75, 3.05) is 23.7 Å². The molecule has 0 aromatic heterocycles. The molecule has 3 rings (SSSR count). The minimum absolute atomic E-state index is 0.0247. The number of likely N-dealkylation sites (tertiary alicyclic amines) is 1. The number of rotatable bonds is 2. The van der Waals surface area contributed by atoms with Crippen molar-refractivity contribution < 1.29 is 9.59 Å². The third kappa shape index (κ3) is 2.93. The lowest BCUT2D eigenvalue weighted by Gasteiger charge is -2.36. The largest absolute Gasteiger partial charge is 0.338 e. The molecule has 0 bridgehead atoms. The highest BCUT2D eigenvalue weighted by atomic mass is 32.2. The topological polar surface area (TPSA) is 40.6 Å². The van der Waals surface area contributed by atoms with E-state index in [4.69, 9.17) is 0 Å². The van der Waals surface area contributed by atoms with Gasteiger partial charge in [-0.1, -0.05) is 12.1 Å². The first-order valence-electron chi connectivity index (χ1n) is 7.48. The molecule has 4 nitrogen and oxygen atoms in total. The van der Waals surface area contributed by atoms with Crippen molar-refractivity contribution in [2.24, 2.45) is 0 Å². The fourth-order valence-corrected chi connectivity index (χ4v) is 3.96. The molecule has 0 radical (unpaired) electrons. The minimum Gasteiger partial charge on any atom is -0.338 e. The molecule has 0 saturated carbocycles. The average Bonchev–Trinajstić information content (AvgIpc) is 2.50.